The third-order valence-electron chi connectivity index (χ3n) is 3.56. The molecule has 0 spiro atoms. The van der Waals surface area contributed by atoms with Crippen molar-refractivity contribution in [3.63, 3.8) is 0 Å². The minimum Gasteiger partial charge on any atom is -0.485 e. The van der Waals surface area contributed by atoms with Gasteiger partial charge in [-0.2, -0.15) is 0 Å². The van der Waals surface area contributed by atoms with E-state index < -0.39 is 0 Å². The van der Waals surface area contributed by atoms with E-state index in [2.05, 4.69) is 41.1 Å². The Kier molecular flexibility index (Phi) is 3.33. The molecule has 2 aromatic carbocycles. The Morgan fingerprint density at radius 1 is 1.16 bits per heavy atom. The topological polar surface area (TPSA) is 35.2 Å². The average molecular weight is 318 g/mol. The molecule has 19 heavy (non-hydrogen) atoms. The van der Waals surface area contributed by atoms with Crippen LogP contribution < -0.4 is 10.5 Å². The fourth-order valence-electron chi connectivity index (χ4n) is 2.54. The summed E-state index contributed by atoms with van der Waals surface area (Å²) in [6.45, 7) is 2.08. The maximum absolute atomic E-state index is 6.26. The van der Waals surface area contributed by atoms with Crippen LogP contribution in [0.4, 0.5) is 0 Å². The predicted molar refractivity (Wildman–Crippen MR) is 80.2 cm³/mol. The Hall–Kier alpha value is -1.32. The summed E-state index contributed by atoms with van der Waals surface area (Å²) in [5, 5.41) is 0. The molecular formula is C16H16BrNO. The first-order valence-corrected chi connectivity index (χ1v) is 7.21. The van der Waals surface area contributed by atoms with Crippen LogP contribution >= 0.6 is 15.9 Å². The van der Waals surface area contributed by atoms with Crippen molar-refractivity contribution in [1.82, 2.24) is 0 Å². The lowest BCUT2D eigenvalue weighted by Gasteiger charge is -2.31. The zero-order valence-corrected chi connectivity index (χ0v) is 12.4. The Bertz CT molecular complexity index is 611. The largest absolute Gasteiger partial charge is 0.485 e. The molecule has 0 fully saturated rings. The number of halogens is 1. The second-order valence-corrected chi connectivity index (χ2v) is 5.87. The molecule has 2 nitrogen and oxygen atoms in total. The lowest BCUT2D eigenvalue weighted by atomic mass is 9.93. The van der Waals surface area contributed by atoms with Gasteiger partial charge in [0.1, 0.15) is 11.9 Å². The first-order chi connectivity index (χ1) is 9.15. The second-order valence-electron chi connectivity index (χ2n) is 5.01. The zero-order chi connectivity index (χ0) is 13.4. The number of nitrogens with two attached hydrogens (primary N) is 1. The van der Waals surface area contributed by atoms with Crippen molar-refractivity contribution in [1.29, 1.82) is 0 Å². The van der Waals surface area contributed by atoms with Crippen LogP contribution in [0.5, 0.6) is 5.75 Å². The van der Waals surface area contributed by atoms with Gasteiger partial charge >= 0.3 is 0 Å². The zero-order valence-electron chi connectivity index (χ0n) is 10.8. The SMILES string of the molecule is Cc1ccc(C2CC(N)c3ccccc3O2)c(Br)c1. The fourth-order valence-corrected chi connectivity index (χ4v) is 3.29. The Morgan fingerprint density at radius 2 is 1.95 bits per heavy atom. The number of fused-ring (bicyclic) bond motifs is 1. The van der Waals surface area contributed by atoms with Crippen molar-refractivity contribution in [2.45, 2.75) is 25.5 Å². The lowest BCUT2D eigenvalue weighted by Crippen LogP contribution is -2.24. The quantitative estimate of drug-likeness (QED) is 0.852. The maximum Gasteiger partial charge on any atom is 0.127 e. The highest BCUT2D eigenvalue weighted by Gasteiger charge is 2.27. The van der Waals surface area contributed by atoms with Crippen molar-refractivity contribution in [3.05, 3.63) is 63.6 Å². The summed E-state index contributed by atoms with van der Waals surface area (Å²) in [4.78, 5) is 0. The van der Waals surface area contributed by atoms with E-state index in [1.807, 2.05) is 24.3 Å². The minimum absolute atomic E-state index is 0.0138. The highest BCUT2D eigenvalue weighted by Crippen LogP contribution is 2.41. The molecule has 1 aliphatic rings. The summed E-state index contributed by atoms with van der Waals surface area (Å²) in [6, 6.07) is 14.4. The molecule has 1 heterocycles. The predicted octanol–water partition coefficient (Wildman–Crippen LogP) is 4.28. The molecule has 2 N–H and O–H groups in total. The summed E-state index contributed by atoms with van der Waals surface area (Å²) in [7, 11) is 0. The Balaban J connectivity index is 1.97. The van der Waals surface area contributed by atoms with Gasteiger partial charge in [-0.1, -0.05) is 46.3 Å². The number of aryl methyl sites for hydroxylation is 1. The molecule has 1 aliphatic heterocycles. The minimum atomic E-state index is 0.0138. The van der Waals surface area contributed by atoms with E-state index in [-0.39, 0.29) is 12.1 Å². The van der Waals surface area contributed by atoms with Crippen molar-refractivity contribution < 1.29 is 4.74 Å². The van der Waals surface area contributed by atoms with Gasteiger partial charge in [0.25, 0.3) is 0 Å². The first kappa shape index (κ1) is 12.7. The van der Waals surface area contributed by atoms with Gasteiger partial charge in [-0.15, -0.1) is 0 Å². The van der Waals surface area contributed by atoms with Gasteiger partial charge in [0.15, 0.2) is 0 Å². The van der Waals surface area contributed by atoms with Crippen LogP contribution in [0.15, 0.2) is 46.9 Å². The Labute approximate surface area is 121 Å². The molecule has 98 valence electrons. The first-order valence-electron chi connectivity index (χ1n) is 6.42. The molecule has 0 amide bonds. The van der Waals surface area contributed by atoms with Gasteiger partial charge in [-0.3, -0.25) is 0 Å². The van der Waals surface area contributed by atoms with E-state index in [1.165, 1.54) is 5.56 Å². The van der Waals surface area contributed by atoms with Gasteiger partial charge in [0, 0.05) is 28.1 Å². The summed E-state index contributed by atoms with van der Waals surface area (Å²) >= 11 is 3.62. The molecule has 0 aliphatic carbocycles. The Morgan fingerprint density at radius 3 is 2.74 bits per heavy atom. The van der Waals surface area contributed by atoms with Crippen LogP contribution in [0.2, 0.25) is 0 Å². The van der Waals surface area contributed by atoms with Gasteiger partial charge < -0.3 is 10.5 Å². The number of benzene rings is 2. The molecule has 2 aromatic rings. The third-order valence-corrected chi connectivity index (χ3v) is 4.25. The molecule has 2 atom stereocenters. The molecule has 0 radical (unpaired) electrons. The van der Waals surface area contributed by atoms with Crippen LogP contribution in [0.1, 0.15) is 35.3 Å². The van der Waals surface area contributed by atoms with Crippen LogP contribution in [0.3, 0.4) is 0 Å². The molecule has 2 unspecified atom stereocenters. The van der Waals surface area contributed by atoms with E-state index in [9.17, 15) is 0 Å². The number of hydrogen-bond donors (Lipinski definition) is 1. The maximum atomic E-state index is 6.26. The van der Waals surface area contributed by atoms with Gasteiger partial charge in [0.2, 0.25) is 0 Å². The summed E-state index contributed by atoms with van der Waals surface area (Å²) in [5.74, 6) is 0.902. The van der Waals surface area contributed by atoms with E-state index in [0.29, 0.717) is 0 Å². The van der Waals surface area contributed by atoms with Crippen molar-refractivity contribution in [3.8, 4) is 5.75 Å². The highest BCUT2D eigenvalue weighted by molar-refractivity contribution is 9.10. The standard InChI is InChI=1S/C16H16BrNO/c1-10-6-7-11(13(17)8-10)16-9-14(18)12-4-2-3-5-15(12)19-16/h2-8,14,16H,9,18H2,1H3. The molecule has 0 aromatic heterocycles. The number of ether oxygens (including phenoxy) is 1. The number of rotatable bonds is 1. The highest BCUT2D eigenvalue weighted by atomic mass is 79.9. The van der Waals surface area contributed by atoms with Crippen molar-refractivity contribution in [2.24, 2.45) is 5.73 Å². The van der Waals surface area contributed by atoms with Crippen molar-refractivity contribution in [2.75, 3.05) is 0 Å². The smallest absolute Gasteiger partial charge is 0.127 e. The van der Waals surface area contributed by atoms with Crippen LogP contribution in [-0.4, -0.2) is 0 Å². The summed E-state index contributed by atoms with van der Waals surface area (Å²) in [5.41, 5.74) is 9.75. The second kappa shape index (κ2) is 4.99. The molecule has 0 saturated carbocycles. The average Bonchev–Trinajstić information content (AvgIpc) is 2.38. The lowest BCUT2D eigenvalue weighted by molar-refractivity contribution is 0.161. The van der Waals surface area contributed by atoms with Gasteiger partial charge in [-0.05, 0) is 24.6 Å². The summed E-state index contributed by atoms with van der Waals surface area (Å²) in [6.07, 6.45) is 0.818. The van der Waals surface area contributed by atoms with Crippen molar-refractivity contribution >= 4 is 15.9 Å². The number of para-hydroxylation sites is 1. The van der Waals surface area contributed by atoms with Gasteiger partial charge in [0.05, 0.1) is 0 Å². The fraction of sp³-hybridized carbons (Fsp3) is 0.250. The molecule has 3 heteroatoms. The van der Waals surface area contributed by atoms with Gasteiger partial charge in [-0.25, -0.2) is 0 Å². The molecule has 0 saturated heterocycles. The van der Waals surface area contributed by atoms with E-state index in [0.717, 1.165) is 27.8 Å². The third kappa shape index (κ3) is 2.40. The molecule has 3 rings (SSSR count). The monoisotopic (exact) mass is 317 g/mol. The number of hydrogen-bond acceptors (Lipinski definition) is 2. The molecule has 0 bridgehead atoms. The van der Waals surface area contributed by atoms with E-state index >= 15 is 0 Å². The van der Waals surface area contributed by atoms with Crippen LogP contribution in [0, 0.1) is 6.92 Å². The summed E-state index contributed by atoms with van der Waals surface area (Å²) < 4.78 is 7.19. The molecular weight excluding hydrogens is 302 g/mol. The van der Waals surface area contributed by atoms with Crippen LogP contribution in [-0.2, 0) is 0 Å². The van der Waals surface area contributed by atoms with E-state index in [1.54, 1.807) is 0 Å². The van der Waals surface area contributed by atoms with E-state index in [4.69, 9.17) is 10.5 Å². The normalized spacial score (nSPS) is 21.6. The van der Waals surface area contributed by atoms with Crippen LogP contribution in [0.25, 0.3) is 0 Å².